The van der Waals surface area contributed by atoms with Crippen molar-refractivity contribution in [3.05, 3.63) is 58.6 Å². The Kier molecular flexibility index (Phi) is 7.10. The maximum atomic E-state index is 12.2. The SMILES string of the molecule is Cc1ccc(OCCNC(=O)CN(c2ccccc2C)S(C)(=O)=O)cc1Cl. The van der Waals surface area contributed by atoms with Crippen LogP contribution >= 0.6 is 11.6 Å². The van der Waals surface area contributed by atoms with Gasteiger partial charge in [0.1, 0.15) is 18.9 Å². The highest BCUT2D eigenvalue weighted by Crippen LogP contribution is 2.22. The number of halogens is 1. The Bertz CT molecular complexity index is 916. The van der Waals surface area contributed by atoms with Gasteiger partial charge < -0.3 is 10.1 Å². The van der Waals surface area contributed by atoms with Gasteiger partial charge in [-0.2, -0.15) is 0 Å². The molecule has 27 heavy (non-hydrogen) atoms. The van der Waals surface area contributed by atoms with E-state index in [1.165, 1.54) is 0 Å². The lowest BCUT2D eigenvalue weighted by Crippen LogP contribution is -2.41. The van der Waals surface area contributed by atoms with Crippen molar-refractivity contribution in [2.24, 2.45) is 0 Å². The Labute approximate surface area is 165 Å². The van der Waals surface area contributed by atoms with Gasteiger partial charge in [-0.1, -0.05) is 35.9 Å². The molecule has 0 aliphatic heterocycles. The molecule has 2 aromatic carbocycles. The molecule has 0 aliphatic rings. The summed E-state index contributed by atoms with van der Waals surface area (Å²) in [5, 5.41) is 3.28. The highest BCUT2D eigenvalue weighted by molar-refractivity contribution is 7.92. The van der Waals surface area contributed by atoms with Crippen LogP contribution in [0.2, 0.25) is 5.02 Å². The predicted molar refractivity (Wildman–Crippen MR) is 108 cm³/mol. The van der Waals surface area contributed by atoms with Crippen molar-refractivity contribution in [1.29, 1.82) is 0 Å². The number of carbonyl (C=O) groups excluding carboxylic acids is 1. The molecule has 0 aliphatic carbocycles. The molecule has 0 spiro atoms. The van der Waals surface area contributed by atoms with Crippen LogP contribution in [0.3, 0.4) is 0 Å². The van der Waals surface area contributed by atoms with E-state index >= 15 is 0 Å². The number of hydrogen-bond acceptors (Lipinski definition) is 4. The minimum atomic E-state index is -3.59. The monoisotopic (exact) mass is 410 g/mol. The van der Waals surface area contributed by atoms with Crippen LogP contribution in [-0.4, -0.2) is 40.3 Å². The molecule has 0 aromatic heterocycles. The van der Waals surface area contributed by atoms with E-state index in [0.29, 0.717) is 16.5 Å². The second-order valence-corrected chi connectivity index (χ2v) is 8.48. The van der Waals surface area contributed by atoms with E-state index in [1.54, 1.807) is 37.3 Å². The van der Waals surface area contributed by atoms with E-state index in [9.17, 15) is 13.2 Å². The van der Waals surface area contributed by atoms with E-state index in [4.69, 9.17) is 16.3 Å². The zero-order valence-electron chi connectivity index (χ0n) is 15.5. The summed E-state index contributed by atoms with van der Waals surface area (Å²) in [6, 6.07) is 12.4. The van der Waals surface area contributed by atoms with Gasteiger partial charge in [0, 0.05) is 5.02 Å². The molecular formula is C19H23ClN2O4S. The lowest BCUT2D eigenvalue weighted by Gasteiger charge is -2.23. The zero-order chi connectivity index (χ0) is 20.0. The van der Waals surface area contributed by atoms with Gasteiger partial charge >= 0.3 is 0 Å². The van der Waals surface area contributed by atoms with Crippen molar-refractivity contribution in [1.82, 2.24) is 5.32 Å². The second-order valence-electron chi connectivity index (χ2n) is 6.17. The first kappa shape index (κ1) is 21.1. The molecule has 0 fully saturated rings. The van der Waals surface area contributed by atoms with Gasteiger partial charge in [0.15, 0.2) is 0 Å². The highest BCUT2D eigenvalue weighted by atomic mass is 35.5. The lowest BCUT2D eigenvalue weighted by atomic mass is 10.2. The summed E-state index contributed by atoms with van der Waals surface area (Å²) in [7, 11) is -3.59. The highest BCUT2D eigenvalue weighted by Gasteiger charge is 2.21. The molecule has 0 atom stereocenters. The molecule has 1 N–H and O–H groups in total. The summed E-state index contributed by atoms with van der Waals surface area (Å²) in [5.41, 5.74) is 2.21. The third-order valence-corrected chi connectivity index (χ3v) is 5.44. The number of anilines is 1. The van der Waals surface area contributed by atoms with Gasteiger partial charge in [0.05, 0.1) is 18.5 Å². The number of sulfonamides is 1. The van der Waals surface area contributed by atoms with Crippen LogP contribution in [0.5, 0.6) is 5.75 Å². The van der Waals surface area contributed by atoms with Crippen molar-refractivity contribution in [2.45, 2.75) is 13.8 Å². The molecule has 8 heteroatoms. The summed E-state index contributed by atoms with van der Waals surface area (Å²) in [4.78, 5) is 12.2. The van der Waals surface area contributed by atoms with E-state index in [-0.39, 0.29) is 19.7 Å². The number of nitrogens with one attached hydrogen (secondary N) is 1. The van der Waals surface area contributed by atoms with Crippen molar-refractivity contribution in [2.75, 3.05) is 30.3 Å². The topological polar surface area (TPSA) is 75.7 Å². The molecule has 2 rings (SSSR count). The molecule has 0 radical (unpaired) electrons. The molecular weight excluding hydrogens is 388 g/mol. The predicted octanol–water partition coefficient (Wildman–Crippen LogP) is 2.92. The summed E-state index contributed by atoms with van der Waals surface area (Å²) in [6.45, 7) is 3.89. The number of hydrogen-bond donors (Lipinski definition) is 1. The van der Waals surface area contributed by atoms with Crippen LogP contribution < -0.4 is 14.4 Å². The minimum absolute atomic E-state index is 0.244. The first-order valence-electron chi connectivity index (χ1n) is 8.37. The van der Waals surface area contributed by atoms with Gasteiger partial charge in [-0.25, -0.2) is 8.42 Å². The van der Waals surface area contributed by atoms with Crippen LogP contribution in [0, 0.1) is 13.8 Å². The number of rotatable bonds is 8. The summed E-state index contributed by atoms with van der Waals surface area (Å²) >= 11 is 6.04. The normalized spacial score (nSPS) is 11.1. The molecule has 1 amide bonds. The Morgan fingerprint density at radius 2 is 1.85 bits per heavy atom. The minimum Gasteiger partial charge on any atom is -0.492 e. The van der Waals surface area contributed by atoms with E-state index in [1.807, 2.05) is 19.1 Å². The van der Waals surface area contributed by atoms with Crippen LogP contribution in [-0.2, 0) is 14.8 Å². The molecule has 0 bridgehead atoms. The van der Waals surface area contributed by atoms with Crippen molar-refractivity contribution < 1.29 is 17.9 Å². The van der Waals surface area contributed by atoms with Crippen LogP contribution in [0.15, 0.2) is 42.5 Å². The van der Waals surface area contributed by atoms with Crippen molar-refractivity contribution in [3.8, 4) is 5.75 Å². The Morgan fingerprint density at radius 3 is 2.48 bits per heavy atom. The smallest absolute Gasteiger partial charge is 0.240 e. The van der Waals surface area contributed by atoms with E-state index in [0.717, 1.165) is 21.7 Å². The number of carbonyl (C=O) groups is 1. The molecule has 0 saturated heterocycles. The molecule has 0 saturated carbocycles. The Morgan fingerprint density at radius 1 is 1.15 bits per heavy atom. The van der Waals surface area contributed by atoms with Gasteiger partial charge in [-0.15, -0.1) is 0 Å². The fraction of sp³-hybridized carbons (Fsp3) is 0.316. The molecule has 0 unspecified atom stereocenters. The maximum Gasteiger partial charge on any atom is 0.240 e. The number of amides is 1. The number of para-hydroxylation sites is 1. The number of benzene rings is 2. The number of aryl methyl sites for hydroxylation is 2. The number of ether oxygens (including phenoxy) is 1. The van der Waals surface area contributed by atoms with Gasteiger partial charge in [0.25, 0.3) is 0 Å². The molecule has 6 nitrogen and oxygen atoms in total. The van der Waals surface area contributed by atoms with E-state index in [2.05, 4.69) is 5.32 Å². The third-order valence-electron chi connectivity index (χ3n) is 3.91. The Balaban J connectivity index is 1.91. The van der Waals surface area contributed by atoms with Gasteiger partial charge in [-0.3, -0.25) is 9.10 Å². The summed E-state index contributed by atoms with van der Waals surface area (Å²) in [6.07, 6.45) is 1.08. The van der Waals surface area contributed by atoms with Crippen LogP contribution in [0.1, 0.15) is 11.1 Å². The van der Waals surface area contributed by atoms with Crippen molar-refractivity contribution in [3.63, 3.8) is 0 Å². The fourth-order valence-electron chi connectivity index (χ4n) is 2.43. The van der Waals surface area contributed by atoms with Gasteiger partial charge in [-0.05, 0) is 43.2 Å². The third kappa shape index (κ3) is 6.15. The largest absolute Gasteiger partial charge is 0.492 e. The first-order chi connectivity index (χ1) is 12.7. The Hall–Kier alpha value is -2.25. The summed E-state index contributed by atoms with van der Waals surface area (Å²) in [5.74, 6) is 0.201. The summed E-state index contributed by atoms with van der Waals surface area (Å²) < 4.78 is 30.8. The molecule has 0 heterocycles. The maximum absolute atomic E-state index is 12.2. The quantitative estimate of drug-likeness (QED) is 0.679. The number of nitrogens with zero attached hydrogens (tertiary/aromatic N) is 1. The average molecular weight is 411 g/mol. The van der Waals surface area contributed by atoms with Crippen LogP contribution in [0.4, 0.5) is 5.69 Å². The molecule has 2 aromatic rings. The zero-order valence-corrected chi connectivity index (χ0v) is 17.1. The lowest BCUT2D eigenvalue weighted by molar-refractivity contribution is -0.119. The molecule has 146 valence electrons. The van der Waals surface area contributed by atoms with Crippen molar-refractivity contribution >= 4 is 33.2 Å². The van der Waals surface area contributed by atoms with Gasteiger partial charge in [0.2, 0.25) is 15.9 Å². The fourth-order valence-corrected chi connectivity index (χ4v) is 3.52. The van der Waals surface area contributed by atoms with E-state index < -0.39 is 15.9 Å². The first-order valence-corrected chi connectivity index (χ1v) is 10.6. The second kappa shape index (κ2) is 9.10. The van der Waals surface area contributed by atoms with Crippen LogP contribution in [0.25, 0.3) is 0 Å². The standard InChI is InChI=1S/C19H23ClN2O4S/c1-14-8-9-16(12-17(14)20)26-11-10-21-19(23)13-22(27(3,24)25)18-7-5-4-6-15(18)2/h4-9,12H,10-11,13H2,1-3H3,(H,21,23). The average Bonchev–Trinajstić information content (AvgIpc) is 2.59.